The fourth-order valence-electron chi connectivity index (χ4n) is 1.92. The van der Waals surface area contributed by atoms with Gasteiger partial charge in [-0.2, -0.15) is 5.26 Å². The monoisotopic (exact) mass is 360 g/mol. The highest BCUT2D eigenvalue weighted by atomic mass is 35.5. The smallest absolute Gasteiger partial charge is 0.257 e. The molecule has 0 saturated heterocycles. The SMILES string of the molecule is CS(=O)(=O)/C(C#N)=C/c1cccc(NC(=O)c2ccccc2Cl)c1. The van der Waals surface area contributed by atoms with E-state index in [2.05, 4.69) is 5.32 Å². The number of carbonyl (C=O) groups excluding carboxylic acids is 1. The number of nitrogens with one attached hydrogen (secondary N) is 1. The third kappa shape index (κ3) is 4.44. The number of allylic oxidation sites excluding steroid dienone is 1. The van der Waals surface area contributed by atoms with Gasteiger partial charge in [-0.25, -0.2) is 8.42 Å². The minimum absolute atomic E-state index is 0.328. The molecule has 0 aromatic heterocycles. The highest BCUT2D eigenvalue weighted by molar-refractivity contribution is 7.95. The number of nitrogens with zero attached hydrogens (tertiary/aromatic N) is 1. The molecule has 0 aliphatic carbocycles. The second kappa shape index (κ2) is 7.30. The molecule has 0 saturated carbocycles. The van der Waals surface area contributed by atoms with Gasteiger partial charge in [0.25, 0.3) is 5.91 Å². The van der Waals surface area contributed by atoms with E-state index in [-0.39, 0.29) is 10.8 Å². The summed E-state index contributed by atoms with van der Waals surface area (Å²) in [7, 11) is -3.60. The fraction of sp³-hybridized carbons (Fsp3) is 0.0588. The molecular weight excluding hydrogens is 348 g/mol. The fourth-order valence-corrected chi connectivity index (χ4v) is 2.66. The Bertz CT molecular complexity index is 960. The summed E-state index contributed by atoms with van der Waals surface area (Å²) in [6.07, 6.45) is 2.21. The van der Waals surface area contributed by atoms with Gasteiger partial charge in [-0.3, -0.25) is 4.79 Å². The topological polar surface area (TPSA) is 87.0 Å². The second-order valence-corrected chi connectivity index (χ2v) is 7.34. The number of hydrogen-bond donors (Lipinski definition) is 1. The summed E-state index contributed by atoms with van der Waals surface area (Å²) in [5.41, 5.74) is 1.27. The average Bonchev–Trinajstić information content (AvgIpc) is 2.52. The normalized spacial score (nSPS) is 11.6. The van der Waals surface area contributed by atoms with Gasteiger partial charge in [-0.1, -0.05) is 35.9 Å². The summed E-state index contributed by atoms with van der Waals surface area (Å²) in [6, 6.07) is 14.8. The van der Waals surface area contributed by atoms with Crippen molar-refractivity contribution in [1.29, 1.82) is 5.26 Å². The van der Waals surface area contributed by atoms with E-state index in [1.54, 1.807) is 54.6 Å². The van der Waals surface area contributed by atoms with E-state index >= 15 is 0 Å². The zero-order valence-corrected chi connectivity index (χ0v) is 14.2. The van der Waals surface area contributed by atoms with Crippen LogP contribution >= 0.6 is 11.6 Å². The maximum absolute atomic E-state index is 12.2. The third-order valence-electron chi connectivity index (χ3n) is 3.07. The Balaban J connectivity index is 2.29. The zero-order chi connectivity index (χ0) is 17.7. The van der Waals surface area contributed by atoms with Crippen LogP contribution in [-0.4, -0.2) is 20.6 Å². The Hall–Kier alpha value is -2.62. The Morgan fingerprint density at radius 1 is 1.21 bits per heavy atom. The van der Waals surface area contributed by atoms with Crippen molar-refractivity contribution in [1.82, 2.24) is 0 Å². The van der Waals surface area contributed by atoms with E-state index in [1.807, 2.05) is 0 Å². The van der Waals surface area contributed by atoms with Gasteiger partial charge in [0.2, 0.25) is 0 Å². The van der Waals surface area contributed by atoms with Crippen molar-refractivity contribution in [2.75, 3.05) is 11.6 Å². The predicted molar refractivity (Wildman–Crippen MR) is 94.3 cm³/mol. The molecule has 1 amide bonds. The lowest BCUT2D eigenvalue weighted by molar-refractivity contribution is 0.102. The molecule has 0 bridgehead atoms. The minimum atomic E-state index is -3.60. The molecule has 2 aromatic carbocycles. The van der Waals surface area contributed by atoms with Crippen LogP contribution in [0.2, 0.25) is 5.02 Å². The third-order valence-corrected chi connectivity index (χ3v) is 4.41. The van der Waals surface area contributed by atoms with E-state index in [1.165, 1.54) is 6.08 Å². The number of benzene rings is 2. The number of anilines is 1. The van der Waals surface area contributed by atoms with E-state index < -0.39 is 9.84 Å². The number of halogens is 1. The van der Waals surface area contributed by atoms with Crippen molar-refractivity contribution in [3.63, 3.8) is 0 Å². The summed E-state index contributed by atoms with van der Waals surface area (Å²) in [5, 5.41) is 11.9. The first-order chi connectivity index (χ1) is 11.3. The van der Waals surface area contributed by atoms with Gasteiger partial charge in [-0.05, 0) is 35.9 Å². The van der Waals surface area contributed by atoms with Crippen molar-refractivity contribution in [2.45, 2.75) is 0 Å². The van der Waals surface area contributed by atoms with Crippen LogP contribution < -0.4 is 5.32 Å². The van der Waals surface area contributed by atoms with Crippen molar-refractivity contribution in [3.8, 4) is 6.07 Å². The number of nitriles is 1. The molecule has 2 rings (SSSR count). The molecule has 0 spiro atoms. The van der Waals surface area contributed by atoms with Crippen molar-refractivity contribution >= 4 is 39.1 Å². The van der Waals surface area contributed by atoms with Crippen molar-refractivity contribution < 1.29 is 13.2 Å². The van der Waals surface area contributed by atoms with Gasteiger partial charge in [0.05, 0.1) is 10.6 Å². The summed E-state index contributed by atoms with van der Waals surface area (Å²) in [6.45, 7) is 0. The quantitative estimate of drug-likeness (QED) is 0.845. The number of amides is 1. The van der Waals surface area contributed by atoms with E-state index in [0.29, 0.717) is 21.8 Å². The van der Waals surface area contributed by atoms with Gasteiger partial charge >= 0.3 is 0 Å². The molecule has 0 radical (unpaired) electrons. The first kappa shape index (κ1) is 17.7. The first-order valence-corrected chi connectivity index (χ1v) is 9.06. The van der Waals surface area contributed by atoms with Gasteiger partial charge < -0.3 is 5.32 Å². The molecule has 24 heavy (non-hydrogen) atoms. The van der Waals surface area contributed by atoms with Crippen LogP contribution in [0.4, 0.5) is 5.69 Å². The van der Waals surface area contributed by atoms with Crippen LogP contribution in [0.1, 0.15) is 15.9 Å². The van der Waals surface area contributed by atoms with Gasteiger partial charge in [0, 0.05) is 11.9 Å². The first-order valence-electron chi connectivity index (χ1n) is 6.79. The summed E-state index contributed by atoms with van der Waals surface area (Å²) >= 11 is 5.98. The molecule has 0 aliphatic heterocycles. The number of hydrogen-bond acceptors (Lipinski definition) is 4. The molecule has 2 aromatic rings. The number of rotatable bonds is 4. The van der Waals surface area contributed by atoms with Crippen LogP contribution in [0.15, 0.2) is 53.4 Å². The highest BCUT2D eigenvalue weighted by Crippen LogP contribution is 2.19. The summed E-state index contributed by atoms with van der Waals surface area (Å²) in [4.78, 5) is 11.9. The molecule has 0 fully saturated rings. The number of carbonyl (C=O) groups is 1. The lowest BCUT2D eigenvalue weighted by atomic mass is 10.1. The lowest BCUT2D eigenvalue weighted by Crippen LogP contribution is -2.12. The summed E-state index contributed by atoms with van der Waals surface area (Å²) in [5.74, 6) is -0.384. The predicted octanol–water partition coefficient (Wildman–Crippen LogP) is 3.50. The van der Waals surface area contributed by atoms with E-state index in [4.69, 9.17) is 16.9 Å². The van der Waals surface area contributed by atoms with Crippen LogP contribution in [0.25, 0.3) is 6.08 Å². The maximum Gasteiger partial charge on any atom is 0.257 e. The van der Waals surface area contributed by atoms with Crippen molar-refractivity contribution in [2.24, 2.45) is 0 Å². The Morgan fingerprint density at radius 2 is 1.92 bits per heavy atom. The van der Waals surface area contributed by atoms with E-state index in [0.717, 1.165) is 6.26 Å². The maximum atomic E-state index is 12.2. The van der Waals surface area contributed by atoms with Gasteiger partial charge in [0.15, 0.2) is 9.84 Å². The number of sulfone groups is 1. The van der Waals surface area contributed by atoms with Gasteiger partial charge in [0.1, 0.15) is 11.0 Å². The molecule has 5 nitrogen and oxygen atoms in total. The molecule has 7 heteroatoms. The standard InChI is InChI=1S/C17H13ClN2O3S/c1-24(22,23)14(11-19)10-12-5-4-6-13(9-12)20-17(21)15-7-2-3-8-16(15)18/h2-10H,1H3,(H,20,21)/b14-10+. The molecule has 0 unspecified atom stereocenters. The molecule has 0 atom stereocenters. The summed E-state index contributed by atoms with van der Waals surface area (Å²) < 4.78 is 23.0. The van der Waals surface area contributed by atoms with Crippen LogP contribution in [0, 0.1) is 11.3 Å². The zero-order valence-electron chi connectivity index (χ0n) is 12.7. The molecule has 0 aliphatic rings. The average molecular weight is 361 g/mol. The Kier molecular flexibility index (Phi) is 5.39. The van der Waals surface area contributed by atoms with Crippen molar-refractivity contribution in [3.05, 3.63) is 69.6 Å². The van der Waals surface area contributed by atoms with Gasteiger partial charge in [-0.15, -0.1) is 0 Å². The van der Waals surface area contributed by atoms with E-state index in [9.17, 15) is 13.2 Å². The minimum Gasteiger partial charge on any atom is -0.322 e. The Morgan fingerprint density at radius 3 is 2.54 bits per heavy atom. The van der Waals surface area contributed by atoms with Crippen LogP contribution in [0.3, 0.4) is 0 Å². The van der Waals surface area contributed by atoms with Crippen LogP contribution in [0.5, 0.6) is 0 Å². The lowest BCUT2D eigenvalue weighted by Gasteiger charge is -2.07. The van der Waals surface area contributed by atoms with Crippen LogP contribution in [-0.2, 0) is 9.84 Å². The Labute approximate surface area is 145 Å². The molecule has 0 heterocycles. The molecular formula is C17H13ClN2O3S. The molecule has 122 valence electrons. The highest BCUT2D eigenvalue weighted by Gasteiger charge is 2.12. The molecule has 1 N–H and O–H groups in total. The second-order valence-electron chi connectivity index (χ2n) is 4.95. The largest absolute Gasteiger partial charge is 0.322 e.